The van der Waals surface area contributed by atoms with Gasteiger partial charge in [0.15, 0.2) is 0 Å². The van der Waals surface area contributed by atoms with E-state index in [1.165, 1.54) is 0 Å². The highest BCUT2D eigenvalue weighted by Gasteiger charge is 2.27. The molecule has 0 saturated heterocycles. The molecule has 1 heterocycles. The van der Waals surface area contributed by atoms with Crippen LogP contribution in [0.15, 0.2) is 18.2 Å². The number of fused-ring (bicyclic) bond motifs is 1. The second-order valence-electron chi connectivity index (χ2n) is 2.70. The van der Waals surface area contributed by atoms with Gasteiger partial charge >= 0.3 is 7.12 Å². The average Bonchev–Trinajstić information content (AvgIpc) is 2.33. The Hall–Kier alpha value is -0.545. The van der Waals surface area contributed by atoms with E-state index in [1.54, 1.807) is 0 Å². The van der Waals surface area contributed by atoms with Crippen molar-refractivity contribution in [3.05, 3.63) is 23.8 Å². The lowest BCUT2D eigenvalue weighted by molar-refractivity contribution is -0.254. The number of quaternary nitrogens is 1. The molecule has 1 aromatic rings. The molecule has 1 aliphatic heterocycles. The minimum atomic E-state index is -0.744. The summed E-state index contributed by atoms with van der Waals surface area (Å²) < 4.78 is 5.01. The van der Waals surface area contributed by atoms with Crippen LogP contribution in [0.1, 0.15) is 5.56 Å². The minimum absolute atomic E-state index is 0. The monoisotopic (exact) mass is 185 g/mol. The zero-order valence-corrected chi connectivity index (χ0v) is 7.21. The topological polar surface area (TPSA) is 57.1 Å². The molecule has 2 rings (SSSR count). The molecule has 0 saturated carbocycles. The molecule has 4 N–H and O–H groups in total. The average molecular weight is 185 g/mol. The van der Waals surface area contributed by atoms with E-state index in [0.717, 1.165) is 16.7 Å². The van der Waals surface area contributed by atoms with Gasteiger partial charge in [-0.25, -0.2) is 0 Å². The summed E-state index contributed by atoms with van der Waals surface area (Å²) in [7, 11) is -0.744. The molecule has 0 spiro atoms. The van der Waals surface area contributed by atoms with Crippen molar-refractivity contribution >= 4 is 18.3 Å². The summed E-state index contributed by atoms with van der Waals surface area (Å²) in [5, 5.41) is 9.26. The predicted molar refractivity (Wildman–Crippen MR) is 41.4 cm³/mol. The third-order valence-corrected chi connectivity index (χ3v) is 1.87. The number of hydrogen-bond donors (Lipinski definition) is 2. The first-order valence-corrected chi connectivity index (χ1v) is 3.52. The van der Waals surface area contributed by atoms with Crippen LogP contribution in [-0.4, -0.2) is 12.1 Å². The van der Waals surface area contributed by atoms with Crippen molar-refractivity contribution in [1.82, 2.24) is 0 Å². The van der Waals surface area contributed by atoms with Crippen LogP contribution in [-0.2, 0) is 11.3 Å². The first kappa shape index (κ1) is 9.54. The van der Waals surface area contributed by atoms with Crippen LogP contribution in [0.4, 0.5) is 5.69 Å². The minimum Gasteiger partial charge on any atom is -1.00 e. The lowest BCUT2D eigenvalue weighted by Crippen LogP contribution is -3.00. The standard InChI is InChI=1S/C7H8BNO2.ClH/c9-6-2-1-5-4-11-8(10)7(5)3-6;/h1-3,10H,4,9H2;1H. The molecule has 5 heteroatoms. The summed E-state index contributed by atoms with van der Waals surface area (Å²) in [5.41, 5.74) is 6.60. The van der Waals surface area contributed by atoms with Crippen LogP contribution in [0.5, 0.6) is 0 Å². The second kappa shape index (κ2) is 3.45. The lowest BCUT2D eigenvalue weighted by Gasteiger charge is -1.95. The highest BCUT2D eigenvalue weighted by Crippen LogP contribution is 2.10. The molecule has 0 radical (unpaired) electrons. The van der Waals surface area contributed by atoms with Crippen LogP contribution in [0.3, 0.4) is 0 Å². The summed E-state index contributed by atoms with van der Waals surface area (Å²) in [6, 6.07) is 5.71. The summed E-state index contributed by atoms with van der Waals surface area (Å²) in [6.45, 7) is 0.511. The van der Waals surface area contributed by atoms with E-state index in [1.807, 2.05) is 18.2 Å². The van der Waals surface area contributed by atoms with Gasteiger partial charge < -0.3 is 27.8 Å². The molecule has 1 aromatic carbocycles. The van der Waals surface area contributed by atoms with E-state index in [4.69, 9.17) is 4.65 Å². The van der Waals surface area contributed by atoms with Crippen LogP contribution < -0.4 is 23.6 Å². The van der Waals surface area contributed by atoms with Crippen LogP contribution >= 0.6 is 0 Å². The lowest BCUT2D eigenvalue weighted by atomic mass is 9.79. The first-order chi connectivity index (χ1) is 5.27. The van der Waals surface area contributed by atoms with Gasteiger partial charge in [-0.1, -0.05) is 6.07 Å². The molecule has 0 bridgehead atoms. The molecule has 3 nitrogen and oxygen atoms in total. The van der Waals surface area contributed by atoms with Gasteiger partial charge in [0, 0.05) is 0 Å². The Labute approximate surface area is 77.1 Å². The Morgan fingerprint density at radius 1 is 1.50 bits per heavy atom. The maximum absolute atomic E-state index is 9.26. The normalized spacial score (nSPS) is 14.0. The van der Waals surface area contributed by atoms with Crippen molar-refractivity contribution < 1.29 is 27.8 Å². The van der Waals surface area contributed by atoms with Gasteiger partial charge in [-0.05, 0) is 23.2 Å². The van der Waals surface area contributed by atoms with Gasteiger partial charge in [-0.2, -0.15) is 0 Å². The van der Waals surface area contributed by atoms with Crippen molar-refractivity contribution in [3.63, 3.8) is 0 Å². The number of rotatable bonds is 0. The molecule has 0 aromatic heterocycles. The van der Waals surface area contributed by atoms with Crippen LogP contribution in [0.2, 0.25) is 0 Å². The van der Waals surface area contributed by atoms with Crippen molar-refractivity contribution in [2.75, 3.05) is 0 Å². The molecule has 0 aliphatic carbocycles. The van der Waals surface area contributed by atoms with Gasteiger partial charge in [0.1, 0.15) is 5.69 Å². The summed E-state index contributed by atoms with van der Waals surface area (Å²) in [5.74, 6) is 0. The molecule has 0 atom stereocenters. The van der Waals surface area contributed by atoms with Crippen molar-refractivity contribution in [2.24, 2.45) is 0 Å². The maximum Gasteiger partial charge on any atom is 0.491 e. The highest BCUT2D eigenvalue weighted by molar-refractivity contribution is 6.61. The molecule has 64 valence electrons. The van der Waals surface area contributed by atoms with Gasteiger partial charge in [0.05, 0.1) is 6.61 Å². The van der Waals surface area contributed by atoms with E-state index < -0.39 is 7.12 Å². The third-order valence-electron chi connectivity index (χ3n) is 1.87. The summed E-state index contributed by atoms with van der Waals surface area (Å²) in [4.78, 5) is 0. The summed E-state index contributed by atoms with van der Waals surface area (Å²) >= 11 is 0. The Balaban J connectivity index is 0.000000720. The summed E-state index contributed by atoms with van der Waals surface area (Å²) in [6.07, 6.45) is 0. The molecule has 0 amide bonds. The van der Waals surface area contributed by atoms with Crippen molar-refractivity contribution in [2.45, 2.75) is 6.61 Å². The van der Waals surface area contributed by atoms with Crippen LogP contribution in [0, 0.1) is 0 Å². The van der Waals surface area contributed by atoms with Gasteiger partial charge in [-0.3, -0.25) is 0 Å². The zero-order valence-electron chi connectivity index (χ0n) is 6.46. The SMILES string of the molecule is [Cl-].[NH3+]c1ccc2c(c1)B(O)OC2. The quantitative estimate of drug-likeness (QED) is 0.403. The highest BCUT2D eigenvalue weighted by atomic mass is 35.5. The van der Waals surface area contributed by atoms with Crippen molar-refractivity contribution in [3.8, 4) is 0 Å². The Morgan fingerprint density at radius 3 is 3.00 bits per heavy atom. The van der Waals surface area contributed by atoms with Gasteiger partial charge in [0.25, 0.3) is 0 Å². The molecule has 1 aliphatic rings. The maximum atomic E-state index is 9.26. The number of halogens is 1. The second-order valence-corrected chi connectivity index (χ2v) is 2.70. The Bertz CT molecular complexity index is 295. The Morgan fingerprint density at radius 2 is 2.25 bits per heavy atom. The number of benzene rings is 1. The number of hydrogen-bond acceptors (Lipinski definition) is 2. The molecular formula is C7H9BClNO2. The fourth-order valence-corrected chi connectivity index (χ4v) is 1.26. The van der Waals surface area contributed by atoms with E-state index in [2.05, 4.69) is 5.73 Å². The predicted octanol–water partition coefficient (Wildman–Crippen LogP) is -4.22. The zero-order chi connectivity index (χ0) is 7.84. The van der Waals surface area contributed by atoms with Gasteiger partial charge in [-0.15, -0.1) is 0 Å². The molecular weight excluding hydrogens is 176 g/mol. The van der Waals surface area contributed by atoms with E-state index in [-0.39, 0.29) is 12.4 Å². The fraction of sp³-hybridized carbons (Fsp3) is 0.143. The Kier molecular flexibility index (Phi) is 2.74. The van der Waals surface area contributed by atoms with E-state index in [9.17, 15) is 5.02 Å². The van der Waals surface area contributed by atoms with Gasteiger partial charge in [0.2, 0.25) is 0 Å². The molecule has 12 heavy (non-hydrogen) atoms. The first-order valence-electron chi connectivity index (χ1n) is 3.52. The fourth-order valence-electron chi connectivity index (χ4n) is 1.26. The molecule has 0 unspecified atom stereocenters. The largest absolute Gasteiger partial charge is 1.00 e. The smallest absolute Gasteiger partial charge is 0.491 e. The van der Waals surface area contributed by atoms with Crippen molar-refractivity contribution in [1.29, 1.82) is 0 Å². The molecule has 0 fully saturated rings. The van der Waals surface area contributed by atoms with E-state index >= 15 is 0 Å². The third kappa shape index (κ3) is 1.47. The van der Waals surface area contributed by atoms with E-state index in [0.29, 0.717) is 6.61 Å². The van der Waals surface area contributed by atoms with Crippen LogP contribution in [0.25, 0.3) is 0 Å².